The average molecular weight is 329 g/mol. The molecule has 2 rings (SSSR count). The highest BCUT2D eigenvalue weighted by molar-refractivity contribution is 6.35. The molecule has 3 unspecified atom stereocenters. The minimum atomic E-state index is -0.101. The number of nitrogens with zero attached hydrogens (tertiary/aromatic N) is 1. The van der Waals surface area contributed by atoms with Crippen molar-refractivity contribution < 1.29 is 4.79 Å². The molecule has 3 nitrogen and oxygen atoms in total. The lowest BCUT2D eigenvalue weighted by Gasteiger charge is -2.34. The van der Waals surface area contributed by atoms with Crippen molar-refractivity contribution in [3.63, 3.8) is 0 Å². The molecule has 0 aliphatic heterocycles. The maximum atomic E-state index is 12.7. The summed E-state index contributed by atoms with van der Waals surface area (Å²) in [5, 5.41) is 1.18. The maximum Gasteiger partial charge on any atom is 0.227 e. The van der Waals surface area contributed by atoms with Crippen molar-refractivity contribution in [2.75, 3.05) is 7.05 Å². The molecule has 0 radical (unpaired) electrons. The number of carbonyl (C=O) groups is 1. The molecule has 1 amide bonds. The Labute approximate surface area is 136 Å². The summed E-state index contributed by atoms with van der Waals surface area (Å²) in [5.74, 6) is 0.0398. The molecule has 1 saturated carbocycles. The predicted octanol–water partition coefficient (Wildman–Crippen LogP) is 4.03. The van der Waals surface area contributed by atoms with Gasteiger partial charge in [-0.15, -0.1) is 0 Å². The number of nitrogens with two attached hydrogens (primary N) is 1. The second kappa shape index (κ2) is 6.99. The first-order valence-corrected chi connectivity index (χ1v) is 8.14. The van der Waals surface area contributed by atoms with Crippen LogP contribution in [0.15, 0.2) is 18.2 Å². The van der Waals surface area contributed by atoms with E-state index in [9.17, 15) is 4.79 Å². The molecule has 0 saturated heterocycles. The van der Waals surface area contributed by atoms with Crippen molar-refractivity contribution in [3.8, 4) is 0 Å². The van der Waals surface area contributed by atoms with E-state index in [0.29, 0.717) is 10.0 Å². The van der Waals surface area contributed by atoms with Crippen LogP contribution < -0.4 is 5.73 Å². The van der Waals surface area contributed by atoms with E-state index in [1.54, 1.807) is 17.0 Å². The molecular formula is C16H22Cl2N2O. The van der Waals surface area contributed by atoms with Crippen molar-refractivity contribution in [2.45, 2.75) is 44.7 Å². The molecule has 1 aromatic carbocycles. The van der Waals surface area contributed by atoms with E-state index >= 15 is 0 Å². The lowest BCUT2D eigenvalue weighted by Crippen LogP contribution is -2.45. The normalized spacial score (nSPS) is 23.7. The maximum absolute atomic E-state index is 12.7. The van der Waals surface area contributed by atoms with Gasteiger partial charge in [0.1, 0.15) is 0 Å². The third-order valence-corrected chi connectivity index (χ3v) is 5.04. The zero-order valence-corrected chi connectivity index (χ0v) is 14.0. The Kier molecular flexibility index (Phi) is 5.53. The number of hydrogen-bond acceptors (Lipinski definition) is 2. The van der Waals surface area contributed by atoms with Crippen LogP contribution >= 0.6 is 23.2 Å². The Morgan fingerprint density at radius 3 is 2.62 bits per heavy atom. The fraction of sp³-hybridized carbons (Fsp3) is 0.562. The number of hydrogen-bond donors (Lipinski definition) is 1. The van der Waals surface area contributed by atoms with E-state index in [1.807, 2.05) is 20.0 Å². The minimum Gasteiger partial charge on any atom is -0.339 e. The molecule has 1 fully saturated rings. The summed E-state index contributed by atoms with van der Waals surface area (Å²) in [6.45, 7) is 1.97. The van der Waals surface area contributed by atoms with E-state index in [4.69, 9.17) is 28.9 Å². The quantitative estimate of drug-likeness (QED) is 0.910. The Bertz CT molecular complexity index is 521. The predicted molar refractivity (Wildman–Crippen MR) is 87.6 cm³/mol. The largest absolute Gasteiger partial charge is 0.339 e. The van der Waals surface area contributed by atoms with E-state index < -0.39 is 0 Å². The standard InChI is InChI=1S/C16H22Cl2N2O/c1-10(12-8-7-11(17)9-14(12)18)20(2)16(21)13-5-3-4-6-15(13)19/h7-10,13,15H,3-6,19H2,1-2H3. The zero-order valence-electron chi connectivity index (χ0n) is 12.5. The Morgan fingerprint density at radius 2 is 2.00 bits per heavy atom. The fourth-order valence-corrected chi connectivity index (χ4v) is 3.53. The van der Waals surface area contributed by atoms with Crippen molar-refractivity contribution in [1.82, 2.24) is 4.90 Å². The topological polar surface area (TPSA) is 46.3 Å². The minimum absolute atomic E-state index is 0.0263. The third kappa shape index (κ3) is 3.71. The Hall–Kier alpha value is -0.770. The van der Waals surface area contributed by atoms with Crippen LogP contribution in [0.2, 0.25) is 10.0 Å². The number of carbonyl (C=O) groups excluding carboxylic acids is 1. The fourth-order valence-electron chi connectivity index (χ4n) is 2.97. The molecule has 116 valence electrons. The van der Waals surface area contributed by atoms with E-state index in [1.165, 1.54) is 0 Å². The number of rotatable bonds is 3. The van der Waals surface area contributed by atoms with Gasteiger partial charge in [-0.3, -0.25) is 4.79 Å². The second-order valence-corrected chi connectivity index (χ2v) is 6.69. The summed E-state index contributed by atoms with van der Waals surface area (Å²) in [6.07, 6.45) is 4.01. The number of halogens is 2. The van der Waals surface area contributed by atoms with E-state index in [-0.39, 0.29) is 23.9 Å². The van der Waals surface area contributed by atoms with Gasteiger partial charge >= 0.3 is 0 Å². The molecule has 0 spiro atoms. The highest BCUT2D eigenvalue weighted by atomic mass is 35.5. The van der Waals surface area contributed by atoms with Gasteiger partial charge in [0.05, 0.1) is 12.0 Å². The SMILES string of the molecule is CC(c1ccc(Cl)cc1Cl)N(C)C(=O)C1CCCCC1N. The van der Waals surface area contributed by atoms with Crippen LogP contribution in [0.3, 0.4) is 0 Å². The van der Waals surface area contributed by atoms with Gasteiger partial charge in [0, 0.05) is 23.1 Å². The van der Waals surface area contributed by atoms with Crippen molar-refractivity contribution in [3.05, 3.63) is 33.8 Å². The van der Waals surface area contributed by atoms with Gasteiger partial charge in [-0.25, -0.2) is 0 Å². The molecule has 2 N–H and O–H groups in total. The van der Waals surface area contributed by atoms with Crippen LogP contribution in [0.1, 0.15) is 44.2 Å². The van der Waals surface area contributed by atoms with Gasteiger partial charge in [0.25, 0.3) is 0 Å². The number of amides is 1. The highest BCUT2D eigenvalue weighted by Gasteiger charge is 2.32. The first-order chi connectivity index (χ1) is 9.91. The van der Waals surface area contributed by atoms with Crippen molar-refractivity contribution in [2.24, 2.45) is 11.7 Å². The van der Waals surface area contributed by atoms with Crippen LogP contribution in [-0.2, 0) is 4.79 Å². The van der Waals surface area contributed by atoms with Crippen molar-refractivity contribution >= 4 is 29.1 Å². The average Bonchev–Trinajstić information content (AvgIpc) is 2.45. The molecule has 1 aromatic rings. The van der Waals surface area contributed by atoms with Gasteiger partial charge in [-0.2, -0.15) is 0 Å². The van der Waals surface area contributed by atoms with E-state index in [2.05, 4.69) is 0 Å². The molecule has 0 bridgehead atoms. The van der Waals surface area contributed by atoms with Crippen molar-refractivity contribution in [1.29, 1.82) is 0 Å². The molecule has 5 heteroatoms. The lowest BCUT2D eigenvalue weighted by molar-refractivity contribution is -0.137. The summed E-state index contributed by atoms with van der Waals surface area (Å²) >= 11 is 12.2. The van der Waals surface area contributed by atoms with Crippen LogP contribution in [-0.4, -0.2) is 23.9 Å². The second-order valence-electron chi connectivity index (χ2n) is 5.85. The van der Waals surface area contributed by atoms with Gasteiger partial charge in [0.2, 0.25) is 5.91 Å². The zero-order chi connectivity index (χ0) is 15.6. The molecule has 1 aliphatic rings. The summed E-state index contributed by atoms with van der Waals surface area (Å²) in [6, 6.07) is 5.25. The van der Waals surface area contributed by atoms with Crippen LogP contribution in [0.5, 0.6) is 0 Å². The highest BCUT2D eigenvalue weighted by Crippen LogP contribution is 2.32. The van der Waals surface area contributed by atoms with Gasteiger partial charge in [0.15, 0.2) is 0 Å². The summed E-state index contributed by atoms with van der Waals surface area (Å²) < 4.78 is 0. The van der Waals surface area contributed by atoms with Gasteiger partial charge in [-0.05, 0) is 37.5 Å². The lowest BCUT2D eigenvalue weighted by atomic mass is 9.84. The van der Waals surface area contributed by atoms with Crippen LogP contribution in [0, 0.1) is 5.92 Å². The van der Waals surface area contributed by atoms with Gasteiger partial charge < -0.3 is 10.6 Å². The Balaban J connectivity index is 2.14. The monoisotopic (exact) mass is 328 g/mol. The number of benzene rings is 1. The Morgan fingerprint density at radius 1 is 1.33 bits per heavy atom. The molecule has 21 heavy (non-hydrogen) atoms. The summed E-state index contributed by atoms with van der Waals surface area (Å²) in [4.78, 5) is 14.4. The molecule has 3 atom stereocenters. The first kappa shape index (κ1) is 16.6. The van der Waals surface area contributed by atoms with E-state index in [0.717, 1.165) is 31.2 Å². The van der Waals surface area contributed by atoms with Crippen LogP contribution in [0.25, 0.3) is 0 Å². The summed E-state index contributed by atoms with van der Waals surface area (Å²) in [5.41, 5.74) is 7.02. The molecular weight excluding hydrogens is 307 g/mol. The molecule has 1 aliphatic carbocycles. The smallest absolute Gasteiger partial charge is 0.227 e. The summed E-state index contributed by atoms with van der Waals surface area (Å²) in [7, 11) is 1.82. The molecule has 0 heterocycles. The van der Waals surface area contributed by atoms with Crippen LogP contribution in [0.4, 0.5) is 0 Å². The molecule has 0 aromatic heterocycles. The van der Waals surface area contributed by atoms with Gasteiger partial charge in [-0.1, -0.05) is 42.1 Å². The third-order valence-electron chi connectivity index (χ3n) is 4.48. The first-order valence-electron chi connectivity index (χ1n) is 7.39.